The standard InChI is InChI=1S/C28H32ClN3O4S/c1-36-27-14-13-24(18-26(27)29)32(37(34,35)25-11-4-2-5-12-25)21-28(33)30-19-22-9-8-10-23(17-22)20-31-15-6-3-7-16-31/h2,4-5,8-14,17-18H,3,6-7,15-16,19-21H2,1H3,(H,30,33). The molecule has 0 saturated carbocycles. The number of benzene rings is 3. The molecule has 3 aromatic rings. The molecule has 1 aliphatic rings. The van der Waals surface area contributed by atoms with Gasteiger partial charge < -0.3 is 10.1 Å². The molecule has 0 atom stereocenters. The van der Waals surface area contributed by atoms with Crippen molar-refractivity contribution < 1.29 is 17.9 Å². The van der Waals surface area contributed by atoms with Crippen molar-refractivity contribution in [3.8, 4) is 5.75 Å². The zero-order chi connectivity index (χ0) is 26.3. The summed E-state index contributed by atoms with van der Waals surface area (Å²) in [6.45, 7) is 3.02. The quantitative estimate of drug-likeness (QED) is 0.397. The number of anilines is 1. The van der Waals surface area contributed by atoms with Crippen LogP contribution in [0.4, 0.5) is 5.69 Å². The molecule has 0 aliphatic carbocycles. The number of amides is 1. The van der Waals surface area contributed by atoms with Gasteiger partial charge in [0.25, 0.3) is 10.0 Å². The normalized spacial score (nSPS) is 14.2. The summed E-state index contributed by atoms with van der Waals surface area (Å²) in [7, 11) is -2.54. The molecule has 3 aromatic carbocycles. The third-order valence-electron chi connectivity index (χ3n) is 6.38. The fraction of sp³-hybridized carbons (Fsp3) is 0.321. The summed E-state index contributed by atoms with van der Waals surface area (Å²) >= 11 is 6.28. The molecule has 1 fully saturated rings. The number of carbonyl (C=O) groups excluding carboxylic acids is 1. The summed E-state index contributed by atoms with van der Waals surface area (Å²) in [4.78, 5) is 15.5. The summed E-state index contributed by atoms with van der Waals surface area (Å²) < 4.78 is 33.3. The van der Waals surface area contributed by atoms with Crippen LogP contribution in [-0.2, 0) is 27.9 Å². The van der Waals surface area contributed by atoms with Crippen LogP contribution in [0.2, 0.25) is 5.02 Å². The van der Waals surface area contributed by atoms with Crippen LogP contribution in [0.1, 0.15) is 30.4 Å². The van der Waals surface area contributed by atoms with Gasteiger partial charge in [-0.05, 0) is 67.4 Å². The molecule has 4 rings (SSSR count). The molecule has 1 N–H and O–H groups in total. The average Bonchev–Trinajstić information content (AvgIpc) is 2.92. The highest BCUT2D eigenvalue weighted by Gasteiger charge is 2.27. The largest absolute Gasteiger partial charge is 0.495 e. The van der Waals surface area contributed by atoms with E-state index in [1.165, 1.54) is 50.1 Å². The van der Waals surface area contributed by atoms with Crippen molar-refractivity contribution in [2.24, 2.45) is 0 Å². The first-order chi connectivity index (χ1) is 17.9. The number of carbonyl (C=O) groups is 1. The molecule has 37 heavy (non-hydrogen) atoms. The number of piperidine rings is 1. The Labute approximate surface area is 224 Å². The van der Waals surface area contributed by atoms with Gasteiger partial charge in [-0.1, -0.05) is 60.5 Å². The van der Waals surface area contributed by atoms with Gasteiger partial charge in [-0.3, -0.25) is 14.0 Å². The molecule has 1 amide bonds. The number of ether oxygens (including phenoxy) is 1. The highest BCUT2D eigenvalue weighted by Crippen LogP contribution is 2.31. The number of methoxy groups -OCH3 is 1. The van der Waals surface area contributed by atoms with Gasteiger partial charge in [0.05, 0.1) is 22.7 Å². The predicted octanol–water partition coefficient (Wildman–Crippen LogP) is 4.85. The van der Waals surface area contributed by atoms with E-state index < -0.39 is 22.5 Å². The lowest BCUT2D eigenvalue weighted by Gasteiger charge is -2.26. The lowest BCUT2D eigenvalue weighted by molar-refractivity contribution is -0.119. The van der Waals surface area contributed by atoms with E-state index in [4.69, 9.17) is 16.3 Å². The molecule has 1 heterocycles. The Hall–Kier alpha value is -3.07. The second kappa shape index (κ2) is 12.4. The van der Waals surface area contributed by atoms with Crippen LogP contribution in [0, 0.1) is 0 Å². The predicted molar refractivity (Wildman–Crippen MR) is 146 cm³/mol. The van der Waals surface area contributed by atoms with E-state index in [1.807, 2.05) is 12.1 Å². The van der Waals surface area contributed by atoms with Crippen molar-refractivity contribution in [2.75, 3.05) is 31.0 Å². The zero-order valence-electron chi connectivity index (χ0n) is 20.9. The number of hydrogen-bond acceptors (Lipinski definition) is 5. The Morgan fingerprint density at radius 1 is 0.973 bits per heavy atom. The molecule has 0 spiro atoms. The van der Waals surface area contributed by atoms with Gasteiger partial charge in [-0.15, -0.1) is 0 Å². The van der Waals surface area contributed by atoms with Crippen LogP contribution in [0.5, 0.6) is 5.75 Å². The van der Waals surface area contributed by atoms with E-state index in [9.17, 15) is 13.2 Å². The van der Waals surface area contributed by atoms with Gasteiger partial charge in [-0.2, -0.15) is 0 Å². The zero-order valence-corrected chi connectivity index (χ0v) is 22.5. The lowest BCUT2D eigenvalue weighted by Crippen LogP contribution is -2.40. The molecule has 7 nitrogen and oxygen atoms in total. The van der Waals surface area contributed by atoms with Gasteiger partial charge in [0, 0.05) is 13.1 Å². The Balaban J connectivity index is 1.48. The van der Waals surface area contributed by atoms with E-state index in [1.54, 1.807) is 30.3 Å². The molecule has 0 radical (unpaired) electrons. The first kappa shape index (κ1) is 27.0. The topological polar surface area (TPSA) is 79.0 Å². The highest BCUT2D eigenvalue weighted by molar-refractivity contribution is 7.92. The summed E-state index contributed by atoms with van der Waals surface area (Å²) in [6, 6.07) is 20.8. The van der Waals surface area contributed by atoms with E-state index >= 15 is 0 Å². The van der Waals surface area contributed by atoms with Crippen molar-refractivity contribution in [2.45, 2.75) is 37.2 Å². The average molecular weight is 542 g/mol. The van der Waals surface area contributed by atoms with E-state index in [2.05, 4.69) is 22.3 Å². The fourth-order valence-electron chi connectivity index (χ4n) is 4.45. The third-order valence-corrected chi connectivity index (χ3v) is 8.46. The van der Waals surface area contributed by atoms with Gasteiger partial charge in [-0.25, -0.2) is 8.42 Å². The Morgan fingerprint density at radius 3 is 2.41 bits per heavy atom. The van der Waals surface area contributed by atoms with Gasteiger partial charge >= 0.3 is 0 Å². The summed E-state index contributed by atoms with van der Waals surface area (Å²) in [5.74, 6) is -0.00996. The first-order valence-corrected chi connectivity index (χ1v) is 14.2. The number of nitrogens with zero attached hydrogens (tertiary/aromatic N) is 2. The summed E-state index contributed by atoms with van der Waals surface area (Å²) in [6.07, 6.45) is 3.76. The second-order valence-electron chi connectivity index (χ2n) is 9.08. The Morgan fingerprint density at radius 2 is 1.70 bits per heavy atom. The number of nitrogens with one attached hydrogen (secondary N) is 1. The maximum atomic E-state index is 13.5. The smallest absolute Gasteiger partial charge is 0.264 e. The third kappa shape index (κ3) is 7.03. The van der Waals surface area contributed by atoms with Crippen molar-refractivity contribution in [3.05, 3.63) is 88.9 Å². The van der Waals surface area contributed by atoms with Crippen molar-refractivity contribution in [1.29, 1.82) is 0 Å². The number of sulfonamides is 1. The van der Waals surface area contributed by atoms with E-state index in [0.717, 1.165) is 29.5 Å². The molecular weight excluding hydrogens is 510 g/mol. The highest BCUT2D eigenvalue weighted by atomic mass is 35.5. The number of halogens is 1. The van der Waals surface area contributed by atoms with E-state index in [-0.39, 0.29) is 15.6 Å². The molecule has 196 valence electrons. The first-order valence-electron chi connectivity index (χ1n) is 12.3. The van der Waals surface area contributed by atoms with Crippen LogP contribution < -0.4 is 14.4 Å². The van der Waals surface area contributed by atoms with E-state index in [0.29, 0.717) is 12.3 Å². The van der Waals surface area contributed by atoms with Crippen molar-refractivity contribution in [1.82, 2.24) is 10.2 Å². The van der Waals surface area contributed by atoms with Gasteiger partial charge in [0.1, 0.15) is 12.3 Å². The van der Waals surface area contributed by atoms with Crippen molar-refractivity contribution >= 4 is 33.2 Å². The van der Waals surface area contributed by atoms with Gasteiger partial charge in [0.2, 0.25) is 5.91 Å². The molecule has 0 aromatic heterocycles. The number of hydrogen-bond donors (Lipinski definition) is 1. The van der Waals surface area contributed by atoms with Crippen LogP contribution in [0.15, 0.2) is 77.7 Å². The molecular formula is C28H32ClN3O4S. The maximum Gasteiger partial charge on any atom is 0.264 e. The van der Waals surface area contributed by atoms with Crippen LogP contribution in [0.25, 0.3) is 0 Å². The number of likely N-dealkylation sites (tertiary alicyclic amines) is 1. The second-order valence-corrected chi connectivity index (χ2v) is 11.3. The van der Waals surface area contributed by atoms with Crippen LogP contribution in [0.3, 0.4) is 0 Å². The molecule has 9 heteroatoms. The molecule has 1 saturated heterocycles. The molecule has 0 bridgehead atoms. The molecule has 0 unspecified atom stereocenters. The Bertz CT molecular complexity index is 1310. The Kier molecular flexibility index (Phi) is 9.08. The monoisotopic (exact) mass is 541 g/mol. The van der Waals surface area contributed by atoms with Crippen LogP contribution in [-0.4, -0.2) is 46.0 Å². The van der Waals surface area contributed by atoms with Crippen molar-refractivity contribution in [3.63, 3.8) is 0 Å². The minimum atomic E-state index is -4.02. The SMILES string of the molecule is COc1ccc(N(CC(=O)NCc2cccc(CN3CCCCC3)c2)S(=O)(=O)c2ccccc2)cc1Cl. The van der Waals surface area contributed by atoms with Crippen LogP contribution >= 0.6 is 11.6 Å². The minimum absolute atomic E-state index is 0.0835. The summed E-state index contributed by atoms with van der Waals surface area (Å²) in [5, 5.41) is 3.12. The molecule has 1 aliphatic heterocycles. The lowest BCUT2D eigenvalue weighted by atomic mass is 10.1. The summed E-state index contributed by atoms with van der Waals surface area (Å²) in [5.41, 5.74) is 2.44. The fourth-order valence-corrected chi connectivity index (χ4v) is 6.13. The maximum absolute atomic E-state index is 13.5. The minimum Gasteiger partial charge on any atom is -0.495 e. The number of rotatable bonds is 10. The van der Waals surface area contributed by atoms with Gasteiger partial charge in [0.15, 0.2) is 0 Å².